The van der Waals surface area contributed by atoms with E-state index in [9.17, 15) is 13.6 Å². The van der Waals surface area contributed by atoms with Gasteiger partial charge >= 0.3 is 0 Å². The van der Waals surface area contributed by atoms with Crippen molar-refractivity contribution in [3.8, 4) is 5.69 Å². The number of nitrogens with zero attached hydrogens (tertiary/aromatic N) is 6. The van der Waals surface area contributed by atoms with Crippen LogP contribution in [0, 0.1) is 17.6 Å². The molecule has 1 fully saturated rings. The predicted molar refractivity (Wildman–Crippen MR) is 145 cm³/mol. The summed E-state index contributed by atoms with van der Waals surface area (Å²) in [5.41, 5.74) is 4.38. The number of thioether (sulfide) groups is 1. The molecule has 1 aromatic heterocycles. The zero-order valence-corrected chi connectivity index (χ0v) is 21.6. The molecule has 2 unspecified atom stereocenters. The lowest BCUT2D eigenvalue weighted by Gasteiger charge is -2.29. The second kappa shape index (κ2) is 10.9. The number of benzene rings is 3. The van der Waals surface area contributed by atoms with Crippen molar-refractivity contribution in [1.29, 1.82) is 0 Å². The smallest absolute Gasteiger partial charge is 0.253 e. The van der Waals surface area contributed by atoms with Crippen LogP contribution in [-0.4, -0.2) is 42.6 Å². The fourth-order valence-electron chi connectivity index (χ4n) is 5.15. The molecule has 1 saturated carbocycles. The number of aromatic nitrogens is 4. The van der Waals surface area contributed by atoms with Crippen LogP contribution in [0.5, 0.6) is 0 Å². The molecule has 0 saturated heterocycles. The summed E-state index contributed by atoms with van der Waals surface area (Å²) < 4.78 is 28.8. The first kappa shape index (κ1) is 25.1. The highest BCUT2D eigenvalue weighted by Gasteiger charge is 2.43. The molecule has 2 atom stereocenters. The van der Waals surface area contributed by atoms with Crippen LogP contribution < -0.4 is 0 Å². The average molecular weight is 543 g/mol. The number of fused-ring (bicyclic) bond motifs is 1. The molecule has 196 valence electrons. The Hall–Kier alpha value is -4.18. The number of hydrogen-bond donors (Lipinski definition) is 0. The first-order valence-electron chi connectivity index (χ1n) is 12.7. The number of hydrazone groups is 1. The number of tetrazole rings is 1. The minimum atomic E-state index is -0.351. The van der Waals surface area contributed by atoms with Crippen LogP contribution in [0.3, 0.4) is 0 Å². The van der Waals surface area contributed by atoms with Gasteiger partial charge in [0.15, 0.2) is 0 Å². The number of amides is 1. The van der Waals surface area contributed by atoms with E-state index in [0.29, 0.717) is 5.16 Å². The van der Waals surface area contributed by atoms with Crippen LogP contribution in [-0.2, 0) is 4.79 Å². The number of halogens is 2. The van der Waals surface area contributed by atoms with E-state index < -0.39 is 0 Å². The topological polar surface area (TPSA) is 76.3 Å². The summed E-state index contributed by atoms with van der Waals surface area (Å²) >= 11 is 1.24. The summed E-state index contributed by atoms with van der Waals surface area (Å²) in [5.74, 6) is -0.773. The fraction of sp³-hybridized carbons (Fsp3) is 0.207. The van der Waals surface area contributed by atoms with Crippen molar-refractivity contribution in [3.63, 3.8) is 0 Å². The molecule has 1 amide bonds. The summed E-state index contributed by atoms with van der Waals surface area (Å²) in [6, 6.07) is 21.7. The summed E-state index contributed by atoms with van der Waals surface area (Å²) in [4.78, 5) is 13.7. The Bertz CT molecular complexity index is 1540. The summed E-state index contributed by atoms with van der Waals surface area (Å²) in [5, 5.41) is 18.8. The third-order valence-electron chi connectivity index (χ3n) is 6.95. The highest BCUT2D eigenvalue weighted by atomic mass is 32.2. The van der Waals surface area contributed by atoms with Gasteiger partial charge in [0, 0.05) is 5.92 Å². The average Bonchev–Trinajstić information content (AvgIpc) is 3.60. The van der Waals surface area contributed by atoms with E-state index in [1.807, 2.05) is 36.4 Å². The van der Waals surface area contributed by atoms with Gasteiger partial charge in [0.25, 0.3) is 5.91 Å². The first-order valence-corrected chi connectivity index (χ1v) is 13.6. The van der Waals surface area contributed by atoms with E-state index in [1.54, 1.807) is 34.0 Å². The number of carbonyl (C=O) groups excluding carboxylic acids is 1. The minimum absolute atomic E-state index is 0.0282. The molecule has 6 rings (SSSR count). The van der Waals surface area contributed by atoms with Crippen LogP contribution in [0.2, 0.25) is 0 Å². The van der Waals surface area contributed by atoms with Crippen molar-refractivity contribution in [2.24, 2.45) is 11.0 Å². The Morgan fingerprint density at radius 3 is 2.44 bits per heavy atom. The molecule has 7 nitrogen and oxygen atoms in total. The van der Waals surface area contributed by atoms with Crippen molar-refractivity contribution in [2.75, 3.05) is 5.75 Å². The number of hydrogen-bond acceptors (Lipinski definition) is 6. The molecule has 4 aromatic rings. The van der Waals surface area contributed by atoms with Crippen LogP contribution in [0.25, 0.3) is 11.8 Å². The first-order chi connectivity index (χ1) is 19.1. The SMILES string of the molecule is O=C(CSc1nnnn1-c1ccccc1)N1N=C2/C(=C\c3ccc(F)cc3)CCCC2C1c1ccc(F)cc1. The second-order valence-electron chi connectivity index (χ2n) is 9.44. The summed E-state index contributed by atoms with van der Waals surface area (Å²) in [6.45, 7) is 0. The van der Waals surface area contributed by atoms with E-state index in [0.717, 1.165) is 47.4 Å². The Balaban J connectivity index is 1.30. The highest BCUT2D eigenvalue weighted by Crippen LogP contribution is 2.44. The highest BCUT2D eigenvalue weighted by molar-refractivity contribution is 7.99. The molecule has 2 heterocycles. The molecule has 1 aliphatic carbocycles. The molecule has 1 aliphatic heterocycles. The lowest BCUT2D eigenvalue weighted by molar-refractivity contribution is -0.130. The van der Waals surface area contributed by atoms with Crippen molar-refractivity contribution in [2.45, 2.75) is 30.5 Å². The maximum absolute atomic E-state index is 13.8. The van der Waals surface area contributed by atoms with Gasteiger partial charge in [-0.1, -0.05) is 54.2 Å². The monoisotopic (exact) mass is 542 g/mol. The zero-order chi connectivity index (χ0) is 26.8. The Labute approximate surface area is 228 Å². The quantitative estimate of drug-likeness (QED) is 0.286. The molecule has 0 spiro atoms. The Kier molecular flexibility index (Phi) is 7.02. The third kappa shape index (κ3) is 5.24. The summed E-state index contributed by atoms with van der Waals surface area (Å²) in [6.07, 6.45) is 4.61. The normalized spacial score (nSPS) is 19.7. The van der Waals surface area contributed by atoms with Gasteiger partial charge in [0.05, 0.1) is 23.2 Å². The summed E-state index contributed by atoms with van der Waals surface area (Å²) in [7, 11) is 0. The van der Waals surface area contributed by atoms with Crippen LogP contribution in [0.15, 0.2) is 94.7 Å². The van der Waals surface area contributed by atoms with Crippen LogP contribution in [0.4, 0.5) is 8.78 Å². The van der Waals surface area contributed by atoms with Gasteiger partial charge in [-0.3, -0.25) is 4.79 Å². The van der Waals surface area contributed by atoms with E-state index in [-0.39, 0.29) is 35.3 Å². The Morgan fingerprint density at radius 2 is 1.69 bits per heavy atom. The maximum atomic E-state index is 13.8. The maximum Gasteiger partial charge on any atom is 0.253 e. The van der Waals surface area contributed by atoms with Crippen molar-refractivity contribution >= 4 is 29.5 Å². The van der Waals surface area contributed by atoms with E-state index in [1.165, 1.54) is 36.0 Å². The lowest BCUT2D eigenvalue weighted by Crippen LogP contribution is -2.33. The van der Waals surface area contributed by atoms with Gasteiger partial charge in [-0.05, 0) is 88.9 Å². The lowest BCUT2D eigenvalue weighted by atomic mass is 9.77. The van der Waals surface area contributed by atoms with Gasteiger partial charge in [0.1, 0.15) is 11.6 Å². The molecule has 0 N–H and O–H groups in total. The molecule has 0 bridgehead atoms. The van der Waals surface area contributed by atoms with Gasteiger partial charge in [0.2, 0.25) is 5.16 Å². The van der Waals surface area contributed by atoms with Gasteiger partial charge in [-0.15, -0.1) is 5.10 Å². The number of allylic oxidation sites excluding steroid dienone is 1. The fourth-order valence-corrected chi connectivity index (χ4v) is 5.90. The van der Waals surface area contributed by atoms with Crippen LogP contribution in [0.1, 0.15) is 36.4 Å². The van der Waals surface area contributed by atoms with Crippen molar-refractivity contribution < 1.29 is 13.6 Å². The van der Waals surface area contributed by atoms with Crippen molar-refractivity contribution in [3.05, 3.63) is 107 Å². The molecular formula is C29H24F2N6OS. The molecule has 3 aromatic carbocycles. The molecule has 39 heavy (non-hydrogen) atoms. The number of rotatable bonds is 6. The third-order valence-corrected chi connectivity index (χ3v) is 7.85. The standard InChI is InChI=1S/C29H24F2N6OS/c30-22-13-9-19(10-14-22)17-21-5-4-8-25-27(21)33-37(28(25)20-11-15-23(31)16-12-20)26(38)18-39-29-32-34-35-36(29)24-6-2-1-3-7-24/h1-3,6-7,9-17,25,28H,4-5,8,18H2/b21-17-. The molecule has 0 radical (unpaired) electrons. The van der Waals surface area contributed by atoms with Gasteiger partial charge < -0.3 is 0 Å². The van der Waals surface area contributed by atoms with Crippen molar-refractivity contribution in [1.82, 2.24) is 25.2 Å². The second-order valence-corrected chi connectivity index (χ2v) is 10.4. The van der Waals surface area contributed by atoms with E-state index >= 15 is 0 Å². The predicted octanol–water partition coefficient (Wildman–Crippen LogP) is 5.86. The number of para-hydroxylation sites is 1. The van der Waals surface area contributed by atoms with E-state index in [2.05, 4.69) is 15.5 Å². The van der Waals surface area contributed by atoms with Gasteiger partial charge in [-0.2, -0.15) is 9.78 Å². The van der Waals surface area contributed by atoms with Crippen LogP contribution >= 0.6 is 11.8 Å². The molecule has 2 aliphatic rings. The van der Waals surface area contributed by atoms with E-state index in [4.69, 9.17) is 5.10 Å². The Morgan fingerprint density at radius 1 is 0.974 bits per heavy atom. The number of carbonyl (C=O) groups is 1. The molecule has 10 heteroatoms. The largest absolute Gasteiger partial charge is 0.272 e. The van der Waals surface area contributed by atoms with Gasteiger partial charge in [-0.25, -0.2) is 13.8 Å². The minimum Gasteiger partial charge on any atom is -0.272 e. The molecular weight excluding hydrogens is 518 g/mol. The zero-order valence-electron chi connectivity index (χ0n) is 20.8.